The maximum Gasteiger partial charge on any atom is 0.313 e. The molecule has 1 aliphatic rings. The first kappa shape index (κ1) is 12.6. The van der Waals surface area contributed by atoms with E-state index < -0.39 is 6.10 Å². The van der Waals surface area contributed by atoms with Crippen molar-refractivity contribution >= 4 is 11.9 Å². The van der Waals surface area contributed by atoms with Gasteiger partial charge in [-0.05, 0) is 25.3 Å². The predicted octanol–water partition coefficient (Wildman–Crippen LogP) is 1.61. The van der Waals surface area contributed by atoms with Gasteiger partial charge in [-0.1, -0.05) is 30.3 Å². The van der Waals surface area contributed by atoms with Crippen molar-refractivity contribution in [3.63, 3.8) is 0 Å². The fourth-order valence-electron chi connectivity index (χ4n) is 1.98. The number of hydrogen-bond acceptors (Lipinski definition) is 3. The van der Waals surface area contributed by atoms with Crippen LogP contribution in [0.5, 0.6) is 0 Å². The minimum atomic E-state index is -0.627. The van der Waals surface area contributed by atoms with E-state index in [1.54, 1.807) is 6.92 Å². The normalized spacial score (nSPS) is 20.9. The summed E-state index contributed by atoms with van der Waals surface area (Å²) in [7, 11) is 0. The van der Waals surface area contributed by atoms with E-state index in [1.807, 2.05) is 30.3 Å². The van der Waals surface area contributed by atoms with Crippen molar-refractivity contribution in [2.45, 2.75) is 31.8 Å². The molecule has 0 spiro atoms. The lowest BCUT2D eigenvalue weighted by atomic mass is 10.0. The summed E-state index contributed by atoms with van der Waals surface area (Å²) in [6.45, 7) is 2.46. The van der Waals surface area contributed by atoms with Crippen molar-refractivity contribution in [1.29, 1.82) is 0 Å². The Morgan fingerprint density at radius 2 is 2.11 bits per heavy atom. The molecule has 0 aromatic heterocycles. The van der Waals surface area contributed by atoms with Crippen LogP contribution < -0.4 is 5.32 Å². The molecule has 1 aromatic rings. The molecular weight excluding hydrogens is 230 g/mol. The Labute approximate surface area is 106 Å². The topological polar surface area (TPSA) is 55.4 Å². The van der Waals surface area contributed by atoms with Gasteiger partial charge in [-0.2, -0.15) is 0 Å². The monoisotopic (exact) mass is 247 g/mol. The Kier molecular flexibility index (Phi) is 3.97. The van der Waals surface area contributed by atoms with Crippen molar-refractivity contribution < 1.29 is 14.3 Å². The van der Waals surface area contributed by atoms with E-state index in [0.29, 0.717) is 13.0 Å². The number of ether oxygens (including phenoxy) is 1. The Hall–Kier alpha value is -1.84. The zero-order valence-electron chi connectivity index (χ0n) is 10.4. The number of carbonyl (C=O) groups excluding carboxylic acids is 2. The third-order valence-electron chi connectivity index (χ3n) is 3.15. The molecule has 1 saturated heterocycles. The Bertz CT molecular complexity index is 430. The molecule has 0 saturated carbocycles. The minimum absolute atomic E-state index is 0.185. The van der Waals surface area contributed by atoms with Crippen LogP contribution in [0.3, 0.4) is 0 Å². The van der Waals surface area contributed by atoms with Gasteiger partial charge in [-0.25, -0.2) is 0 Å². The number of nitrogens with one attached hydrogen (secondary N) is 1. The highest BCUT2D eigenvalue weighted by atomic mass is 16.5. The molecule has 1 aliphatic heterocycles. The van der Waals surface area contributed by atoms with E-state index in [0.717, 1.165) is 12.0 Å². The summed E-state index contributed by atoms with van der Waals surface area (Å²) >= 11 is 0. The van der Waals surface area contributed by atoms with Gasteiger partial charge in [0.05, 0.1) is 5.92 Å². The van der Waals surface area contributed by atoms with Gasteiger partial charge in [0.25, 0.3) is 5.91 Å². The SMILES string of the molecule is CC(C(=O)O[C@@H]1CCCNC1=O)c1ccccc1. The molecule has 1 fully saturated rings. The second kappa shape index (κ2) is 5.67. The van der Waals surface area contributed by atoms with Gasteiger partial charge < -0.3 is 10.1 Å². The van der Waals surface area contributed by atoms with Crippen LogP contribution in [-0.2, 0) is 14.3 Å². The van der Waals surface area contributed by atoms with Crippen LogP contribution in [0.2, 0.25) is 0 Å². The van der Waals surface area contributed by atoms with Crippen LogP contribution >= 0.6 is 0 Å². The molecule has 1 N–H and O–H groups in total. The first-order chi connectivity index (χ1) is 8.68. The van der Waals surface area contributed by atoms with E-state index in [2.05, 4.69) is 5.32 Å². The summed E-state index contributed by atoms with van der Waals surface area (Å²) < 4.78 is 5.27. The van der Waals surface area contributed by atoms with Crippen LogP contribution in [0.15, 0.2) is 30.3 Å². The molecule has 2 rings (SSSR count). The lowest BCUT2D eigenvalue weighted by Crippen LogP contribution is -2.43. The van der Waals surface area contributed by atoms with Crippen molar-refractivity contribution in [2.24, 2.45) is 0 Å². The van der Waals surface area contributed by atoms with E-state index >= 15 is 0 Å². The zero-order valence-corrected chi connectivity index (χ0v) is 10.4. The largest absolute Gasteiger partial charge is 0.452 e. The molecule has 2 atom stereocenters. The molecule has 0 radical (unpaired) electrons. The Balaban J connectivity index is 1.97. The lowest BCUT2D eigenvalue weighted by molar-refractivity contribution is -0.158. The Morgan fingerprint density at radius 3 is 2.78 bits per heavy atom. The van der Waals surface area contributed by atoms with Crippen LogP contribution in [0.25, 0.3) is 0 Å². The number of piperidine rings is 1. The third-order valence-corrected chi connectivity index (χ3v) is 3.15. The maximum atomic E-state index is 12.0. The van der Waals surface area contributed by atoms with Crippen molar-refractivity contribution in [1.82, 2.24) is 5.32 Å². The highest BCUT2D eigenvalue weighted by Crippen LogP contribution is 2.18. The molecule has 18 heavy (non-hydrogen) atoms. The summed E-state index contributed by atoms with van der Waals surface area (Å²) in [4.78, 5) is 23.5. The molecule has 1 amide bonds. The van der Waals surface area contributed by atoms with E-state index in [1.165, 1.54) is 0 Å². The molecule has 1 aromatic carbocycles. The summed E-state index contributed by atoms with van der Waals surface area (Å²) in [6.07, 6.45) is 0.833. The third kappa shape index (κ3) is 2.88. The van der Waals surface area contributed by atoms with E-state index in [9.17, 15) is 9.59 Å². The zero-order chi connectivity index (χ0) is 13.0. The molecule has 1 unspecified atom stereocenters. The van der Waals surface area contributed by atoms with Gasteiger partial charge in [0.2, 0.25) is 0 Å². The number of esters is 1. The molecule has 0 aliphatic carbocycles. The first-order valence-electron chi connectivity index (χ1n) is 6.21. The number of benzene rings is 1. The quantitative estimate of drug-likeness (QED) is 0.826. The molecule has 4 heteroatoms. The van der Waals surface area contributed by atoms with Gasteiger partial charge >= 0.3 is 5.97 Å². The van der Waals surface area contributed by atoms with Gasteiger partial charge in [0.1, 0.15) is 0 Å². The predicted molar refractivity (Wildman–Crippen MR) is 67.0 cm³/mol. The second-order valence-corrected chi connectivity index (χ2v) is 4.49. The van der Waals surface area contributed by atoms with Crippen LogP contribution in [-0.4, -0.2) is 24.5 Å². The van der Waals surface area contributed by atoms with Crippen LogP contribution in [0.4, 0.5) is 0 Å². The van der Waals surface area contributed by atoms with Gasteiger partial charge in [-0.3, -0.25) is 9.59 Å². The highest BCUT2D eigenvalue weighted by molar-refractivity contribution is 5.86. The maximum absolute atomic E-state index is 12.0. The smallest absolute Gasteiger partial charge is 0.313 e. The van der Waals surface area contributed by atoms with Crippen LogP contribution in [0.1, 0.15) is 31.2 Å². The molecule has 96 valence electrons. The molecule has 1 heterocycles. The summed E-state index contributed by atoms with van der Waals surface area (Å²) in [5, 5.41) is 2.70. The average molecular weight is 247 g/mol. The highest BCUT2D eigenvalue weighted by Gasteiger charge is 2.28. The van der Waals surface area contributed by atoms with Crippen molar-refractivity contribution in [3.8, 4) is 0 Å². The summed E-state index contributed by atoms with van der Waals surface area (Å²) in [5.41, 5.74) is 0.902. The standard InChI is InChI=1S/C14H17NO3/c1-10(11-6-3-2-4-7-11)14(17)18-12-8-5-9-15-13(12)16/h2-4,6-7,10,12H,5,8-9H2,1H3,(H,15,16)/t10?,12-/m1/s1. The first-order valence-corrected chi connectivity index (χ1v) is 6.21. The van der Waals surface area contributed by atoms with Gasteiger partial charge in [0.15, 0.2) is 6.10 Å². The van der Waals surface area contributed by atoms with Gasteiger partial charge in [-0.15, -0.1) is 0 Å². The van der Waals surface area contributed by atoms with Gasteiger partial charge in [0, 0.05) is 6.54 Å². The van der Waals surface area contributed by atoms with E-state index in [-0.39, 0.29) is 17.8 Å². The number of amides is 1. The Morgan fingerprint density at radius 1 is 1.39 bits per heavy atom. The molecule has 4 nitrogen and oxygen atoms in total. The summed E-state index contributed by atoms with van der Waals surface area (Å²) in [5.74, 6) is -0.876. The number of rotatable bonds is 3. The summed E-state index contributed by atoms with van der Waals surface area (Å²) in [6, 6.07) is 9.43. The average Bonchev–Trinajstić information content (AvgIpc) is 2.41. The van der Waals surface area contributed by atoms with Crippen LogP contribution in [0, 0.1) is 0 Å². The van der Waals surface area contributed by atoms with E-state index in [4.69, 9.17) is 4.74 Å². The van der Waals surface area contributed by atoms with Crippen molar-refractivity contribution in [3.05, 3.63) is 35.9 Å². The molecular formula is C14H17NO3. The number of hydrogen-bond donors (Lipinski definition) is 1. The number of carbonyl (C=O) groups is 2. The lowest BCUT2D eigenvalue weighted by Gasteiger charge is -2.23. The second-order valence-electron chi connectivity index (χ2n) is 4.49. The molecule has 0 bridgehead atoms. The fourth-order valence-corrected chi connectivity index (χ4v) is 1.98. The van der Waals surface area contributed by atoms with Crippen molar-refractivity contribution in [2.75, 3.05) is 6.54 Å². The fraction of sp³-hybridized carbons (Fsp3) is 0.429. The minimum Gasteiger partial charge on any atom is -0.452 e.